The predicted molar refractivity (Wildman–Crippen MR) is 276 cm³/mol. The molecule has 4 aromatic rings. The molecular weight excluding hydrogens is 749 g/mol. The molecule has 0 aliphatic heterocycles. The molecule has 0 aromatic heterocycles. The van der Waals surface area contributed by atoms with Crippen LogP contribution in [0.5, 0.6) is 0 Å². The van der Waals surface area contributed by atoms with Crippen molar-refractivity contribution in [2.24, 2.45) is 0 Å². The van der Waals surface area contributed by atoms with Gasteiger partial charge in [-0.3, -0.25) is 0 Å². The second kappa shape index (κ2) is 33.1. The molecule has 62 heavy (non-hydrogen) atoms. The van der Waals surface area contributed by atoms with Crippen molar-refractivity contribution in [3.63, 3.8) is 0 Å². The van der Waals surface area contributed by atoms with E-state index in [0.717, 1.165) is 24.2 Å². The standard InChI is InChI=1S/C60H92N2/c1-3-5-7-9-23-29-33-57-49-53(47-51-37-43-59(61)44-38-51)35-41-55(57)31-27-25-21-19-17-15-13-11-12-14-16-18-20-22-26-28-32-56-42-36-54(48-52-39-45-60(62)46-40-52)50-58(56)34-30-24-10-8-6-4-2/h35-46,49-50H,3-34,47-48,61-62H2,1-2H3. The van der Waals surface area contributed by atoms with Gasteiger partial charge in [0, 0.05) is 11.4 Å². The number of hydrogen-bond donors (Lipinski definition) is 2. The van der Waals surface area contributed by atoms with Gasteiger partial charge >= 0.3 is 0 Å². The van der Waals surface area contributed by atoms with E-state index in [0.29, 0.717) is 0 Å². The molecule has 0 saturated heterocycles. The Labute approximate surface area is 382 Å². The van der Waals surface area contributed by atoms with Gasteiger partial charge in [-0.1, -0.05) is 229 Å². The molecule has 0 spiro atoms. The number of aryl methyl sites for hydroxylation is 4. The fourth-order valence-electron chi connectivity index (χ4n) is 9.57. The Kier molecular flexibility index (Phi) is 27.3. The molecule has 4 rings (SSSR count). The first-order chi connectivity index (χ1) is 30.5. The van der Waals surface area contributed by atoms with Gasteiger partial charge in [-0.25, -0.2) is 0 Å². The van der Waals surface area contributed by atoms with Crippen LogP contribution in [0.3, 0.4) is 0 Å². The zero-order valence-electron chi connectivity index (χ0n) is 40.3. The Bertz CT molecular complexity index is 1560. The molecule has 2 nitrogen and oxygen atoms in total. The smallest absolute Gasteiger partial charge is 0.0314 e. The highest BCUT2D eigenvalue weighted by atomic mass is 14.5. The van der Waals surface area contributed by atoms with E-state index in [1.807, 2.05) is 24.3 Å². The summed E-state index contributed by atoms with van der Waals surface area (Å²) >= 11 is 0. The fraction of sp³-hybridized carbons (Fsp3) is 0.600. The number of rotatable bonds is 37. The first-order valence-electron chi connectivity index (χ1n) is 26.4. The van der Waals surface area contributed by atoms with Crippen molar-refractivity contribution >= 4 is 11.4 Å². The SMILES string of the molecule is CCCCCCCCc1cc(Cc2ccc(N)cc2)ccc1CCCCCCCCCCCCCCCCCCc1ccc(Cc2ccc(N)cc2)cc1CCCCCCCC. The predicted octanol–water partition coefficient (Wildman–Crippen LogP) is 17.9. The van der Waals surface area contributed by atoms with Crippen molar-refractivity contribution < 1.29 is 0 Å². The van der Waals surface area contributed by atoms with Gasteiger partial charge in [-0.05, 0) is 133 Å². The molecule has 0 bridgehead atoms. The molecule has 0 unspecified atom stereocenters. The molecule has 0 aliphatic carbocycles. The lowest BCUT2D eigenvalue weighted by atomic mass is 9.93. The lowest BCUT2D eigenvalue weighted by Gasteiger charge is -2.13. The molecule has 4 N–H and O–H groups in total. The summed E-state index contributed by atoms with van der Waals surface area (Å²) in [6.45, 7) is 4.62. The quantitative estimate of drug-likeness (QED) is 0.0351. The Balaban J connectivity index is 1.01. The molecule has 4 aromatic carbocycles. The Morgan fingerprint density at radius 1 is 0.258 bits per heavy atom. The molecule has 0 amide bonds. The maximum atomic E-state index is 5.94. The maximum absolute atomic E-state index is 5.94. The first-order valence-corrected chi connectivity index (χ1v) is 26.4. The number of benzene rings is 4. The van der Waals surface area contributed by atoms with Crippen LogP contribution in [-0.2, 0) is 38.5 Å². The largest absolute Gasteiger partial charge is 0.399 e. The van der Waals surface area contributed by atoms with Gasteiger partial charge in [-0.2, -0.15) is 0 Å². The van der Waals surface area contributed by atoms with Crippen LogP contribution in [0.1, 0.15) is 238 Å². The summed E-state index contributed by atoms with van der Waals surface area (Å²) in [5.41, 5.74) is 25.6. The molecule has 0 saturated carbocycles. The van der Waals surface area contributed by atoms with Gasteiger partial charge in [0.25, 0.3) is 0 Å². The second-order valence-electron chi connectivity index (χ2n) is 19.2. The van der Waals surface area contributed by atoms with Crippen LogP contribution in [0.25, 0.3) is 0 Å². The highest BCUT2D eigenvalue weighted by Gasteiger charge is 2.09. The monoisotopic (exact) mass is 841 g/mol. The van der Waals surface area contributed by atoms with E-state index >= 15 is 0 Å². The zero-order valence-corrected chi connectivity index (χ0v) is 40.3. The highest BCUT2D eigenvalue weighted by molar-refractivity contribution is 5.43. The van der Waals surface area contributed by atoms with E-state index in [2.05, 4.69) is 74.5 Å². The Hall–Kier alpha value is -3.52. The van der Waals surface area contributed by atoms with Crippen LogP contribution in [0.4, 0.5) is 11.4 Å². The van der Waals surface area contributed by atoms with Crippen molar-refractivity contribution in [2.45, 2.75) is 232 Å². The van der Waals surface area contributed by atoms with Gasteiger partial charge < -0.3 is 11.5 Å². The summed E-state index contributed by atoms with van der Waals surface area (Å²) in [7, 11) is 0. The molecule has 0 radical (unpaired) electrons. The minimum atomic E-state index is 0.846. The van der Waals surface area contributed by atoms with Crippen molar-refractivity contribution in [2.75, 3.05) is 11.5 Å². The van der Waals surface area contributed by atoms with Crippen molar-refractivity contribution in [1.82, 2.24) is 0 Å². The summed E-state index contributed by atoms with van der Waals surface area (Å²) in [5, 5.41) is 0. The van der Waals surface area contributed by atoms with Crippen LogP contribution >= 0.6 is 0 Å². The van der Waals surface area contributed by atoms with E-state index in [9.17, 15) is 0 Å². The van der Waals surface area contributed by atoms with Crippen LogP contribution in [0, 0.1) is 0 Å². The van der Waals surface area contributed by atoms with E-state index in [1.165, 1.54) is 228 Å². The van der Waals surface area contributed by atoms with E-state index < -0.39 is 0 Å². The minimum absolute atomic E-state index is 0.846. The van der Waals surface area contributed by atoms with Crippen molar-refractivity contribution in [3.05, 3.63) is 129 Å². The van der Waals surface area contributed by atoms with Gasteiger partial charge in [-0.15, -0.1) is 0 Å². The van der Waals surface area contributed by atoms with E-state index in [-0.39, 0.29) is 0 Å². The maximum Gasteiger partial charge on any atom is 0.0314 e. The molecule has 0 aliphatic rings. The fourth-order valence-corrected chi connectivity index (χ4v) is 9.57. The second-order valence-corrected chi connectivity index (χ2v) is 19.2. The molecular formula is C60H92N2. The summed E-state index contributed by atoms with van der Waals surface area (Å²) in [6, 6.07) is 31.6. The lowest BCUT2D eigenvalue weighted by Crippen LogP contribution is -1.99. The van der Waals surface area contributed by atoms with Crippen LogP contribution in [-0.4, -0.2) is 0 Å². The van der Waals surface area contributed by atoms with Gasteiger partial charge in [0.2, 0.25) is 0 Å². The van der Waals surface area contributed by atoms with Gasteiger partial charge in [0.15, 0.2) is 0 Å². The van der Waals surface area contributed by atoms with Crippen molar-refractivity contribution in [3.8, 4) is 0 Å². The third-order valence-corrected chi connectivity index (χ3v) is 13.6. The van der Waals surface area contributed by atoms with Gasteiger partial charge in [0.1, 0.15) is 0 Å². The number of nitrogens with two attached hydrogens (primary N) is 2. The Morgan fingerprint density at radius 2 is 0.500 bits per heavy atom. The van der Waals surface area contributed by atoms with Crippen LogP contribution in [0.2, 0.25) is 0 Å². The normalized spacial score (nSPS) is 11.5. The van der Waals surface area contributed by atoms with E-state index in [4.69, 9.17) is 11.5 Å². The Morgan fingerprint density at radius 3 is 0.790 bits per heavy atom. The molecule has 2 heteroatoms. The number of hydrogen-bond acceptors (Lipinski definition) is 2. The third-order valence-electron chi connectivity index (χ3n) is 13.6. The highest BCUT2D eigenvalue weighted by Crippen LogP contribution is 2.24. The molecule has 342 valence electrons. The van der Waals surface area contributed by atoms with E-state index in [1.54, 1.807) is 22.3 Å². The van der Waals surface area contributed by atoms with Crippen LogP contribution < -0.4 is 11.5 Å². The average molecular weight is 841 g/mol. The summed E-state index contributed by atoms with van der Waals surface area (Å²) < 4.78 is 0. The third kappa shape index (κ3) is 22.7. The number of unbranched alkanes of at least 4 members (excludes halogenated alkanes) is 25. The first kappa shape index (κ1) is 51.1. The summed E-state index contributed by atoms with van der Waals surface area (Å²) in [6.07, 6.45) is 45.9. The van der Waals surface area contributed by atoms with Gasteiger partial charge in [0.05, 0.1) is 0 Å². The summed E-state index contributed by atoms with van der Waals surface area (Å²) in [4.78, 5) is 0. The van der Waals surface area contributed by atoms with Crippen LogP contribution in [0.15, 0.2) is 84.9 Å². The number of nitrogen functional groups attached to an aromatic ring is 2. The van der Waals surface area contributed by atoms with Crippen molar-refractivity contribution in [1.29, 1.82) is 0 Å². The molecule has 0 heterocycles. The summed E-state index contributed by atoms with van der Waals surface area (Å²) in [5.74, 6) is 0. The lowest BCUT2D eigenvalue weighted by molar-refractivity contribution is 0.527. The zero-order chi connectivity index (χ0) is 43.7. The number of anilines is 2. The molecule has 0 atom stereocenters. The average Bonchev–Trinajstić information content (AvgIpc) is 3.28. The topological polar surface area (TPSA) is 52.0 Å². The minimum Gasteiger partial charge on any atom is -0.399 e. The molecule has 0 fully saturated rings.